The molecule has 0 unspecified atom stereocenters. The fraction of sp³-hybridized carbons (Fsp3) is 0.429. The standard InChI is InChI=1S/C14H17BN4O4/c1-13(2)14(3,4)23-15(22-13)10-7-17-18(9-10)11-5-6-16-8-12(11)19(20)21/h5-9H,1-4H3. The monoisotopic (exact) mass is 316 g/mol. The molecule has 0 aromatic carbocycles. The topological polar surface area (TPSA) is 92.3 Å². The summed E-state index contributed by atoms with van der Waals surface area (Å²) in [5, 5.41) is 15.3. The Morgan fingerprint density at radius 2 is 1.87 bits per heavy atom. The first-order chi connectivity index (χ1) is 10.7. The lowest BCUT2D eigenvalue weighted by atomic mass is 9.82. The summed E-state index contributed by atoms with van der Waals surface area (Å²) < 4.78 is 13.3. The molecule has 3 heterocycles. The van der Waals surface area contributed by atoms with Crippen molar-refractivity contribution in [2.75, 3.05) is 0 Å². The van der Waals surface area contributed by atoms with Crippen molar-refractivity contribution in [3.63, 3.8) is 0 Å². The van der Waals surface area contributed by atoms with E-state index in [4.69, 9.17) is 9.31 Å². The Labute approximate surface area is 133 Å². The highest BCUT2D eigenvalue weighted by atomic mass is 16.7. The van der Waals surface area contributed by atoms with E-state index in [-0.39, 0.29) is 5.69 Å². The fourth-order valence-corrected chi connectivity index (χ4v) is 2.28. The third-order valence-electron chi connectivity index (χ3n) is 4.35. The molecule has 3 rings (SSSR count). The van der Waals surface area contributed by atoms with E-state index in [0.717, 1.165) is 0 Å². The zero-order valence-electron chi connectivity index (χ0n) is 13.4. The van der Waals surface area contributed by atoms with Crippen LogP contribution in [-0.2, 0) is 9.31 Å². The van der Waals surface area contributed by atoms with Crippen molar-refractivity contribution < 1.29 is 14.2 Å². The largest absolute Gasteiger partial charge is 0.498 e. The van der Waals surface area contributed by atoms with Gasteiger partial charge < -0.3 is 9.31 Å². The summed E-state index contributed by atoms with van der Waals surface area (Å²) in [6.45, 7) is 7.85. The lowest BCUT2D eigenvalue weighted by Crippen LogP contribution is -2.41. The second kappa shape index (κ2) is 5.14. The van der Waals surface area contributed by atoms with Crippen LogP contribution in [0.1, 0.15) is 27.7 Å². The normalized spacial score (nSPS) is 19.0. The van der Waals surface area contributed by atoms with Gasteiger partial charge in [-0.25, -0.2) is 4.68 Å². The Bertz CT molecular complexity index is 743. The van der Waals surface area contributed by atoms with Crippen molar-refractivity contribution in [2.45, 2.75) is 38.9 Å². The van der Waals surface area contributed by atoms with Crippen LogP contribution in [0, 0.1) is 10.1 Å². The van der Waals surface area contributed by atoms with Gasteiger partial charge in [0.2, 0.25) is 0 Å². The van der Waals surface area contributed by atoms with Crippen LogP contribution in [0.15, 0.2) is 30.9 Å². The van der Waals surface area contributed by atoms with Gasteiger partial charge in [-0.1, -0.05) is 0 Å². The summed E-state index contributed by atoms with van der Waals surface area (Å²) in [5.74, 6) is 0. The van der Waals surface area contributed by atoms with Gasteiger partial charge in [0.1, 0.15) is 11.9 Å². The van der Waals surface area contributed by atoms with Gasteiger partial charge in [-0.15, -0.1) is 0 Å². The van der Waals surface area contributed by atoms with Crippen LogP contribution < -0.4 is 5.46 Å². The molecule has 0 radical (unpaired) electrons. The van der Waals surface area contributed by atoms with E-state index in [1.165, 1.54) is 17.1 Å². The molecule has 1 saturated heterocycles. The molecule has 0 aliphatic carbocycles. The zero-order valence-corrected chi connectivity index (χ0v) is 13.4. The number of pyridine rings is 1. The van der Waals surface area contributed by atoms with Crippen molar-refractivity contribution in [1.29, 1.82) is 0 Å². The first-order valence-electron chi connectivity index (χ1n) is 7.20. The van der Waals surface area contributed by atoms with Crippen molar-refractivity contribution in [2.24, 2.45) is 0 Å². The van der Waals surface area contributed by atoms with Gasteiger partial charge >= 0.3 is 12.8 Å². The fourth-order valence-electron chi connectivity index (χ4n) is 2.28. The van der Waals surface area contributed by atoms with Crippen molar-refractivity contribution in [3.8, 4) is 5.69 Å². The smallest absolute Gasteiger partial charge is 0.399 e. The van der Waals surface area contributed by atoms with E-state index < -0.39 is 23.2 Å². The van der Waals surface area contributed by atoms with Crippen LogP contribution in [-0.4, -0.2) is 38.0 Å². The van der Waals surface area contributed by atoms with Gasteiger partial charge in [-0.05, 0) is 33.8 Å². The molecule has 0 N–H and O–H groups in total. The quantitative estimate of drug-likeness (QED) is 0.484. The minimum absolute atomic E-state index is 0.115. The lowest BCUT2D eigenvalue weighted by Gasteiger charge is -2.32. The van der Waals surface area contributed by atoms with Crippen LogP contribution in [0.25, 0.3) is 5.69 Å². The zero-order chi connectivity index (χ0) is 16.8. The van der Waals surface area contributed by atoms with E-state index in [9.17, 15) is 10.1 Å². The molecule has 0 saturated carbocycles. The average molecular weight is 316 g/mol. The third kappa shape index (κ3) is 2.62. The van der Waals surface area contributed by atoms with E-state index in [0.29, 0.717) is 11.2 Å². The van der Waals surface area contributed by atoms with Crippen molar-refractivity contribution in [3.05, 3.63) is 41.0 Å². The second-order valence-electron chi connectivity index (χ2n) is 6.43. The number of aromatic nitrogens is 3. The minimum Gasteiger partial charge on any atom is -0.399 e. The van der Waals surface area contributed by atoms with Crippen LogP contribution in [0.2, 0.25) is 0 Å². The number of nitrogens with zero attached hydrogens (tertiary/aromatic N) is 4. The summed E-state index contributed by atoms with van der Waals surface area (Å²) in [4.78, 5) is 14.4. The molecule has 2 aromatic rings. The predicted octanol–water partition coefficient (Wildman–Crippen LogP) is 1.47. The highest BCUT2D eigenvalue weighted by Gasteiger charge is 2.52. The van der Waals surface area contributed by atoms with Gasteiger partial charge in [0.05, 0.1) is 16.1 Å². The Balaban J connectivity index is 1.93. The Kier molecular flexibility index (Phi) is 3.49. The van der Waals surface area contributed by atoms with Gasteiger partial charge in [0.25, 0.3) is 0 Å². The van der Waals surface area contributed by atoms with Gasteiger partial charge in [0.15, 0.2) is 0 Å². The van der Waals surface area contributed by atoms with Crippen LogP contribution in [0.4, 0.5) is 5.69 Å². The minimum atomic E-state index is -0.561. The van der Waals surface area contributed by atoms with Crippen LogP contribution in [0.3, 0.4) is 0 Å². The van der Waals surface area contributed by atoms with Crippen LogP contribution in [0.5, 0.6) is 0 Å². The molecule has 0 bridgehead atoms. The van der Waals surface area contributed by atoms with Gasteiger partial charge in [-0.2, -0.15) is 5.10 Å². The molecule has 1 fully saturated rings. The van der Waals surface area contributed by atoms with Crippen molar-refractivity contribution in [1.82, 2.24) is 14.8 Å². The second-order valence-corrected chi connectivity index (χ2v) is 6.43. The maximum absolute atomic E-state index is 11.1. The molecule has 23 heavy (non-hydrogen) atoms. The number of rotatable bonds is 3. The predicted molar refractivity (Wildman–Crippen MR) is 83.7 cm³/mol. The van der Waals surface area contributed by atoms with E-state index >= 15 is 0 Å². The maximum atomic E-state index is 11.1. The number of hydrogen-bond acceptors (Lipinski definition) is 6. The molecule has 0 spiro atoms. The molecule has 8 nitrogen and oxygen atoms in total. The van der Waals surface area contributed by atoms with Gasteiger partial charge in [-0.3, -0.25) is 15.1 Å². The van der Waals surface area contributed by atoms with E-state index in [1.807, 2.05) is 27.7 Å². The molecule has 120 valence electrons. The first-order valence-corrected chi connectivity index (χ1v) is 7.20. The molecule has 0 amide bonds. The summed E-state index contributed by atoms with van der Waals surface area (Å²) in [6, 6.07) is 1.54. The highest BCUT2D eigenvalue weighted by Crippen LogP contribution is 2.36. The van der Waals surface area contributed by atoms with E-state index in [1.54, 1.807) is 18.5 Å². The molecule has 9 heteroatoms. The molecule has 1 aliphatic rings. The Hall–Kier alpha value is -2.26. The average Bonchev–Trinajstić information content (AvgIpc) is 3.02. The SMILES string of the molecule is CC1(C)OB(c2cnn(-c3ccncc3[N+](=O)[O-])c2)OC1(C)C. The molecule has 0 atom stereocenters. The summed E-state index contributed by atoms with van der Waals surface area (Å²) in [7, 11) is -0.561. The highest BCUT2D eigenvalue weighted by molar-refractivity contribution is 6.62. The van der Waals surface area contributed by atoms with Crippen molar-refractivity contribution >= 4 is 18.3 Å². The van der Waals surface area contributed by atoms with E-state index in [2.05, 4.69) is 10.1 Å². The molecular formula is C14H17BN4O4. The van der Waals surface area contributed by atoms with Gasteiger partial charge in [0, 0.05) is 24.1 Å². The van der Waals surface area contributed by atoms with Crippen LogP contribution >= 0.6 is 0 Å². The lowest BCUT2D eigenvalue weighted by molar-refractivity contribution is -0.385. The number of hydrogen-bond donors (Lipinski definition) is 0. The summed E-state index contributed by atoms with van der Waals surface area (Å²) >= 11 is 0. The molecule has 2 aromatic heterocycles. The third-order valence-corrected chi connectivity index (χ3v) is 4.35. The summed E-state index contributed by atoms with van der Waals surface area (Å²) in [5.41, 5.74) is 0.0174. The first kappa shape index (κ1) is 15.6. The molecular weight excluding hydrogens is 299 g/mol. The summed E-state index contributed by atoms with van der Waals surface area (Å²) in [6.07, 6.45) is 5.95. The Morgan fingerprint density at radius 3 is 2.48 bits per heavy atom. The molecule has 1 aliphatic heterocycles. The maximum Gasteiger partial charge on any atom is 0.498 e. The number of nitro groups is 1. The Morgan fingerprint density at radius 1 is 1.22 bits per heavy atom.